The van der Waals surface area contributed by atoms with Crippen molar-refractivity contribution in [1.82, 2.24) is 0 Å². The van der Waals surface area contributed by atoms with Crippen LogP contribution in [-0.4, -0.2) is 28.8 Å². The molecule has 0 amide bonds. The third-order valence-corrected chi connectivity index (χ3v) is 7.24. The number of hydrogen-bond acceptors (Lipinski definition) is 1. The predicted molar refractivity (Wildman–Crippen MR) is 138 cm³/mol. The van der Waals surface area contributed by atoms with Crippen LogP contribution < -0.4 is 3.58 Å². The van der Waals surface area contributed by atoms with Crippen molar-refractivity contribution >= 4 is 38.7 Å². The largest absolute Gasteiger partial charge is 0.183 e. The summed E-state index contributed by atoms with van der Waals surface area (Å²) in [7, 11) is 0. The molecule has 0 fully saturated rings. The first-order chi connectivity index (χ1) is 15.4. The van der Waals surface area contributed by atoms with E-state index in [4.69, 9.17) is 0 Å². The van der Waals surface area contributed by atoms with Crippen molar-refractivity contribution in [3.8, 4) is 0 Å². The second-order valence-corrected chi connectivity index (χ2v) is 11.0. The Morgan fingerprint density at radius 2 is 1.09 bits per heavy atom. The molecular weight excluding hydrogens is 544 g/mol. The van der Waals surface area contributed by atoms with Crippen LogP contribution in [0.25, 0.3) is 0 Å². The molecule has 0 aliphatic carbocycles. The summed E-state index contributed by atoms with van der Waals surface area (Å²) in [6, 6.07) is 23.4. The van der Waals surface area contributed by atoms with E-state index in [1.54, 1.807) is 12.3 Å². The van der Waals surface area contributed by atoms with Gasteiger partial charge in [0.1, 0.15) is 0 Å². The predicted octanol–water partition coefficient (Wildman–Crippen LogP) is 7.09. The van der Waals surface area contributed by atoms with E-state index >= 15 is 0 Å². The van der Waals surface area contributed by atoms with Crippen molar-refractivity contribution in [2.75, 3.05) is 6.26 Å². The molecule has 0 aliphatic heterocycles. The first-order valence-corrected chi connectivity index (χ1v) is 13.2. The Hall–Kier alpha value is -1.40. The topological polar surface area (TPSA) is 0 Å². The smallest absolute Gasteiger partial charge is 0.0215 e. The monoisotopic (exact) mass is 577 g/mol. The maximum atomic E-state index is 14.2. The SMILES string of the molecule is CC(C)(Cc1cc[c]([Sn])c(C(F)(F)F)c1CC(C)(C)c1ccccc1)c1ccccc1.CS. The summed E-state index contributed by atoms with van der Waals surface area (Å²) in [6.45, 7) is 8.27. The molecule has 3 aromatic rings. The molecule has 0 spiro atoms. The van der Waals surface area contributed by atoms with Crippen molar-refractivity contribution in [1.29, 1.82) is 0 Å². The minimum atomic E-state index is -4.37. The standard InChI is InChI=1S/C27H28F3.CH4S.Sn/c1-25(2,21-13-7-5-8-14-21)18-20-12-11-17-24(27(28,29)30)23(20)19-26(3,4)22-15-9-6-10-16-22;1-2;/h5-16H,18-19H2,1-4H3;2H,1H3;. The van der Waals surface area contributed by atoms with Gasteiger partial charge in [0.25, 0.3) is 0 Å². The molecule has 0 bridgehead atoms. The van der Waals surface area contributed by atoms with E-state index in [1.165, 1.54) is 0 Å². The van der Waals surface area contributed by atoms with Gasteiger partial charge in [-0.25, -0.2) is 0 Å². The van der Waals surface area contributed by atoms with Gasteiger partial charge in [-0.1, -0.05) is 0 Å². The fourth-order valence-corrected chi connectivity index (χ4v) is 5.36. The zero-order valence-corrected chi connectivity index (χ0v) is 23.7. The average molecular weight is 576 g/mol. The summed E-state index contributed by atoms with van der Waals surface area (Å²) >= 11 is 4.31. The van der Waals surface area contributed by atoms with E-state index in [9.17, 15) is 13.2 Å². The second-order valence-electron chi connectivity index (χ2n) is 9.48. The van der Waals surface area contributed by atoms with Crippen LogP contribution in [-0.2, 0) is 29.8 Å². The van der Waals surface area contributed by atoms with Gasteiger partial charge in [0.15, 0.2) is 0 Å². The van der Waals surface area contributed by atoms with Gasteiger partial charge in [0, 0.05) is 0 Å². The van der Waals surface area contributed by atoms with E-state index in [0.29, 0.717) is 22.0 Å². The molecule has 0 aliphatic rings. The van der Waals surface area contributed by atoms with Crippen molar-refractivity contribution in [2.24, 2.45) is 0 Å². The Balaban J connectivity index is 0.00000187. The fraction of sp³-hybridized carbons (Fsp3) is 0.357. The molecule has 3 aromatic carbocycles. The first kappa shape index (κ1) is 27.8. The summed E-state index contributed by atoms with van der Waals surface area (Å²) in [5.74, 6) is 0. The molecule has 175 valence electrons. The van der Waals surface area contributed by atoms with Gasteiger partial charge in [-0.05, 0) is 6.26 Å². The van der Waals surface area contributed by atoms with Crippen LogP contribution in [0.4, 0.5) is 13.2 Å². The molecule has 0 heterocycles. The summed E-state index contributed by atoms with van der Waals surface area (Å²) in [4.78, 5) is 0. The van der Waals surface area contributed by atoms with Gasteiger partial charge in [-0.3, -0.25) is 0 Å². The molecule has 33 heavy (non-hydrogen) atoms. The van der Waals surface area contributed by atoms with Gasteiger partial charge in [0.05, 0.1) is 0 Å². The van der Waals surface area contributed by atoms with E-state index in [2.05, 4.69) is 38.6 Å². The number of benzene rings is 3. The van der Waals surface area contributed by atoms with Gasteiger partial charge in [0.2, 0.25) is 0 Å². The fourth-order valence-electron chi connectivity index (χ4n) is 4.28. The molecular formula is C28H32F3SSn. The van der Waals surface area contributed by atoms with E-state index in [-0.39, 0.29) is 5.41 Å². The molecule has 3 radical (unpaired) electrons. The van der Waals surface area contributed by atoms with Gasteiger partial charge < -0.3 is 0 Å². The van der Waals surface area contributed by atoms with Crippen molar-refractivity contribution in [3.63, 3.8) is 0 Å². The first-order valence-electron chi connectivity index (χ1n) is 10.9. The normalized spacial score (nSPS) is 12.2. The molecule has 5 heteroatoms. The van der Waals surface area contributed by atoms with Crippen LogP contribution in [0.2, 0.25) is 0 Å². The number of thiol groups is 1. The zero-order valence-electron chi connectivity index (χ0n) is 19.9. The van der Waals surface area contributed by atoms with Crippen molar-refractivity contribution in [3.05, 3.63) is 101 Å². The Kier molecular flexibility index (Phi) is 9.58. The number of alkyl halides is 3. The summed E-state index contributed by atoms with van der Waals surface area (Å²) in [5, 5.41) is 0. The second kappa shape index (κ2) is 11.4. The third-order valence-electron chi connectivity index (χ3n) is 6.06. The maximum Gasteiger partial charge on any atom is -0.0215 e. The van der Waals surface area contributed by atoms with E-state index in [0.717, 1.165) is 39.2 Å². The molecule has 0 atom stereocenters. The summed E-state index contributed by atoms with van der Waals surface area (Å²) in [6.07, 6.45) is -1.78. The van der Waals surface area contributed by atoms with Crippen molar-refractivity contribution < 1.29 is 13.2 Å². The Morgan fingerprint density at radius 1 is 0.667 bits per heavy atom. The van der Waals surface area contributed by atoms with Crippen LogP contribution in [0.3, 0.4) is 0 Å². The van der Waals surface area contributed by atoms with Crippen LogP contribution in [0.5, 0.6) is 0 Å². The molecule has 0 N–H and O–H groups in total. The molecule has 0 nitrogen and oxygen atoms in total. The minimum Gasteiger partial charge on any atom is -0.183 e. The number of halogens is 3. The molecule has 0 unspecified atom stereocenters. The van der Waals surface area contributed by atoms with Crippen LogP contribution in [0.1, 0.15) is 55.5 Å². The van der Waals surface area contributed by atoms with Gasteiger partial charge >= 0.3 is 197 Å². The Bertz CT molecular complexity index is 1030. The molecule has 0 saturated carbocycles. The van der Waals surface area contributed by atoms with Crippen molar-refractivity contribution in [2.45, 2.75) is 57.5 Å². The van der Waals surface area contributed by atoms with Crippen LogP contribution in [0.15, 0.2) is 72.8 Å². The van der Waals surface area contributed by atoms with E-state index in [1.807, 2.05) is 68.4 Å². The quantitative estimate of drug-likeness (QED) is 0.235. The molecule has 3 rings (SSSR count). The summed E-state index contributed by atoms with van der Waals surface area (Å²) in [5.41, 5.74) is 2.27. The van der Waals surface area contributed by atoms with Gasteiger partial charge in [-0.2, -0.15) is 12.6 Å². The maximum absolute atomic E-state index is 14.2. The number of hydrogen-bond donors (Lipinski definition) is 1. The summed E-state index contributed by atoms with van der Waals surface area (Å²) < 4.78 is 43.1. The Morgan fingerprint density at radius 3 is 1.52 bits per heavy atom. The number of rotatable bonds is 6. The Labute approximate surface area is 215 Å². The zero-order chi connectivity index (χ0) is 24.9. The third kappa shape index (κ3) is 7.05. The molecule has 0 aromatic heterocycles. The van der Waals surface area contributed by atoms with Crippen LogP contribution in [0, 0.1) is 0 Å². The van der Waals surface area contributed by atoms with E-state index < -0.39 is 17.2 Å². The average Bonchev–Trinajstić information content (AvgIpc) is 2.77. The minimum absolute atomic E-state index is 0.279. The van der Waals surface area contributed by atoms with Crippen LogP contribution >= 0.6 is 12.6 Å². The molecule has 0 saturated heterocycles. The van der Waals surface area contributed by atoms with Gasteiger partial charge in [-0.15, -0.1) is 0 Å².